The first kappa shape index (κ1) is 39.1. The normalized spacial score (nSPS) is 11.5. The molecule has 13 aromatic rings. The highest BCUT2D eigenvalue weighted by Crippen LogP contribution is 2.43. The molecule has 0 bridgehead atoms. The van der Waals surface area contributed by atoms with E-state index in [2.05, 4.69) is 209 Å². The zero-order valence-electron chi connectivity index (χ0n) is 36.6. The van der Waals surface area contributed by atoms with Gasteiger partial charge in [0.2, 0.25) is 5.95 Å². The number of hydrogen-bond donors (Lipinski definition) is 0. The molecule has 7 heteroatoms. The van der Waals surface area contributed by atoms with E-state index >= 15 is 0 Å². The fourth-order valence-corrected chi connectivity index (χ4v) is 9.68. The maximum absolute atomic E-state index is 5.42. The number of benzene rings is 9. The fraction of sp³-hybridized carbons (Fsp3) is 0. The summed E-state index contributed by atoms with van der Waals surface area (Å²) in [5.74, 6) is 2.32. The maximum atomic E-state index is 5.42. The molecule has 0 aliphatic rings. The van der Waals surface area contributed by atoms with Crippen molar-refractivity contribution in [3.63, 3.8) is 0 Å². The minimum absolute atomic E-state index is 0.522. The smallest absolute Gasteiger partial charge is 0.238 e. The zero-order valence-corrected chi connectivity index (χ0v) is 36.6. The molecule has 0 aliphatic heterocycles. The lowest BCUT2D eigenvalue weighted by molar-refractivity contribution is 0.953. The van der Waals surface area contributed by atoms with Crippen molar-refractivity contribution in [1.29, 1.82) is 0 Å². The van der Waals surface area contributed by atoms with Gasteiger partial charge in [0.05, 0.1) is 39.1 Å². The summed E-state index contributed by atoms with van der Waals surface area (Å²) in [5, 5.41) is 4.40. The number of para-hydroxylation sites is 3. The second kappa shape index (κ2) is 16.3. The van der Waals surface area contributed by atoms with E-state index in [0.29, 0.717) is 23.4 Å². The van der Waals surface area contributed by atoms with Crippen LogP contribution in [0.4, 0.5) is 0 Å². The van der Waals surface area contributed by atoms with Crippen molar-refractivity contribution in [1.82, 2.24) is 34.1 Å². The van der Waals surface area contributed by atoms with Gasteiger partial charge in [0.25, 0.3) is 0 Å². The van der Waals surface area contributed by atoms with Crippen molar-refractivity contribution >= 4 is 43.6 Å². The van der Waals surface area contributed by atoms with E-state index in [9.17, 15) is 0 Å². The third-order valence-corrected chi connectivity index (χ3v) is 12.8. The summed E-state index contributed by atoms with van der Waals surface area (Å²) in [4.78, 5) is 26.7. The Labute approximate surface area is 392 Å². The molecule has 0 radical (unpaired) electrons. The van der Waals surface area contributed by atoms with Crippen molar-refractivity contribution < 1.29 is 0 Å². The van der Waals surface area contributed by atoms with Crippen molar-refractivity contribution in [3.05, 3.63) is 237 Å². The molecule has 0 fully saturated rings. The lowest BCUT2D eigenvalue weighted by atomic mass is 10.0. The van der Waals surface area contributed by atoms with Crippen molar-refractivity contribution in [2.45, 2.75) is 0 Å². The lowest BCUT2D eigenvalue weighted by Gasteiger charge is -2.16. The Hall–Kier alpha value is -9.33. The van der Waals surface area contributed by atoms with Crippen LogP contribution in [-0.2, 0) is 0 Å². The highest BCUT2D eigenvalue weighted by Gasteiger charge is 2.25. The number of fused-ring (bicyclic) bond motifs is 7. The molecule has 0 aliphatic carbocycles. The van der Waals surface area contributed by atoms with Crippen molar-refractivity contribution in [2.75, 3.05) is 0 Å². The Morgan fingerprint density at radius 3 is 1.34 bits per heavy atom. The molecule has 0 saturated carbocycles. The first-order valence-electron chi connectivity index (χ1n) is 22.8. The molecule has 0 spiro atoms. The van der Waals surface area contributed by atoms with Crippen LogP contribution in [0.25, 0.3) is 123 Å². The standard InChI is InChI=1S/C61H39N7/c1-5-20-40(21-6-1)44-28-19-29-45(38-44)59-64-58(43-26-11-4-12-27-43)65-61(66-59)68-54-34-17-14-31-47(54)49-37-36-48-46-30-13-16-33-53(46)67(56(48)57(49)68)55-35-18-15-32-50(55)60-62-51(41-22-7-2-8-23-41)39-52(63-60)42-24-9-3-10-25-42/h1-39H. The van der Waals surface area contributed by atoms with Crippen LogP contribution < -0.4 is 0 Å². The van der Waals surface area contributed by atoms with Crippen molar-refractivity contribution in [2.24, 2.45) is 0 Å². The average Bonchev–Trinajstić information content (AvgIpc) is 3.95. The summed E-state index contributed by atoms with van der Waals surface area (Å²) >= 11 is 0. The molecule has 68 heavy (non-hydrogen) atoms. The number of nitrogens with zero attached hydrogens (tertiary/aromatic N) is 7. The highest BCUT2D eigenvalue weighted by molar-refractivity contribution is 6.24. The van der Waals surface area contributed by atoms with Crippen LogP contribution in [0.3, 0.4) is 0 Å². The van der Waals surface area contributed by atoms with Crippen LogP contribution in [0.2, 0.25) is 0 Å². The van der Waals surface area contributed by atoms with E-state index < -0.39 is 0 Å². The topological polar surface area (TPSA) is 74.3 Å². The van der Waals surface area contributed by atoms with E-state index in [1.54, 1.807) is 0 Å². The molecular weight excluding hydrogens is 831 g/mol. The highest BCUT2D eigenvalue weighted by atomic mass is 15.2. The molecular formula is C61H39N7. The Balaban J connectivity index is 1.11. The van der Waals surface area contributed by atoms with Gasteiger partial charge in [0.15, 0.2) is 17.5 Å². The van der Waals surface area contributed by atoms with Gasteiger partial charge in [-0.1, -0.05) is 200 Å². The zero-order chi connectivity index (χ0) is 45.0. The Morgan fingerprint density at radius 1 is 0.265 bits per heavy atom. The molecule has 0 atom stereocenters. The van der Waals surface area contributed by atoms with Gasteiger partial charge in [0.1, 0.15) is 0 Å². The molecule has 9 aromatic carbocycles. The lowest BCUT2D eigenvalue weighted by Crippen LogP contribution is -2.07. The summed E-state index contributed by atoms with van der Waals surface area (Å²) < 4.78 is 4.63. The van der Waals surface area contributed by atoms with E-state index in [1.807, 2.05) is 36.4 Å². The summed E-state index contributed by atoms with van der Waals surface area (Å²) in [6.45, 7) is 0. The predicted octanol–water partition coefficient (Wildman–Crippen LogP) is 14.9. The summed E-state index contributed by atoms with van der Waals surface area (Å²) in [6.07, 6.45) is 0. The maximum Gasteiger partial charge on any atom is 0.238 e. The van der Waals surface area contributed by atoms with Gasteiger partial charge in [0, 0.05) is 49.4 Å². The quantitative estimate of drug-likeness (QED) is 0.152. The summed E-state index contributed by atoms with van der Waals surface area (Å²) in [5.41, 5.74) is 13.6. The second-order valence-corrected chi connectivity index (χ2v) is 16.9. The number of rotatable bonds is 8. The predicted molar refractivity (Wildman–Crippen MR) is 277 cm³/mol. The number of aromatic nitrogens is 7. The van der Waals surface area contributed by atoms with Crippen molar-refractivity contribution in [3.8, 4) is 79.4 Å². The second-order valence-electron chi connectivity index (χ2n) is 16.9. The molecule has 0 unspecified atom stereocenters. The van der Waals surface area contributed by atoms with Gasteiger partial charge >= 0.3 is 0 Å². The first-order chi connectivity index (χ1) is 33.7. The minimum atomic E-state index is 0.522. The molecule has 318 valence electrons. The third kappa shape index (κ3) is 6.64. The van der Waals surface area contributed by atoms with Gasteiger partial charge in [-0.15, -0.1) is 0 Å². The molecule has 0 N–H and O–H groups in total. The van der Waals surface area contributed by atoms with E-state index in [0.717, 1.165) is 99.6 Å². The minimum Gasteiger partial charge on any atom is -0.306 e. The SMILES string of the molecule is c1ccc(-c2cccc(-c3nc(-c4ccccc4)nc(-n4c5ccccc5c5ccc6c7ccccc7n(-c7ccccc7-c7nc(-c8ccccc8)cc(-c8ccccc8)n7)c6c54)n3)c2)cc1. The van der Waals surface area contributed by atoms with Crippen LogP contribution in [-0.4, -0.2) is 34.1 Å². The van der Waals surface area contributed by atoms with Crippen LogP contribution in [0, 0.1) is 0 Å². The largest absolute Gasteiger partial charge is 0.306 e. The van der Waals surface area contributed by atoms with Crippen LogP contribution in [0.15, 0.2) is 237 Å². The van der Waals surface area contributed by atoms with Crippen LogP contribution in [0.1, 0.15) is 0 Å². The van der Waals surface area contributed by atoms with Gasteiger partial charge in [-0.3, -0.25) is 4.57 Å². The van der Waals surface area contributed by atoms with E-state index in [1.165, 1.54) is 0 Å². The molecule has 13 rings (SSSR count). The van der Waals surface area contributed by atoms with Gasteiger partial charge in [-0.05, 0) is 47.5 Å². The van der Waals surface area contributed by atoms with Gasteiger partial charge < -0.3 is 4.57 Å². The molecule has 4 aromatic heterocycles. The molecule has 4 heterocycles. The molecule has 0 amide bonds. The number of hydrogen-bond acceptors (Lipinski definition) is 5. The first-order valence-corrected chi connectivity index (χ1v) is 22.8. The van der Waals surface area contributed by atoms with Crippen LogP contribution in [0.5, 0.6) is 0 Å². The Kier molecular flexibility index (Phi) is 9.35. The van der Waals surface area contributed by atoms with E-state index in [-0.39, 0.29) is 0 Å². The fourth-order valence-electron chi connectivity index (χ4n) is 9.68. The summed E-state index contributed by atoms with van der Waals surface area (Å²) in [6, 6.07) is 82.0. The summed E-state index contributed by atoms with van der Waals surface area (Å²) in [7, 11) is 0. The Bertz CT molecular complexity index is 3950. The third-order valence-electron chi connectivity index (χ3n) is 12.8. The molecule has 0 saturated heterocycles. The van der Waals surface area contributed by atoms with Gasteiger partial charge in [-0.2, -0.15) is 9.97 Å². The average molecular weight is 870 g/mol. The van der Waals surface area contributed by atoms with E-state index in [4.69, 9.17) is 24.9 Å². The monoisotopic (exact) mass is 869 g/mol. The van der Waals surface area contributed by atoms with Gasteiger partial charge in [-0.25, -0.2) is 15.0 Å². The van der Waals surface area contributed by atoms with Crippen LogP contribution >= 0.6 is 0 Å². The Morgan fingerprint density at radius 2 is 0.721 bits per heavy atom. The molecule has 7 nitrogen and oxygen atoms in total.